The van der Waals surface area contributed by atoms with Crippen LogP contribution in [0.1, 0.15) is 44.1 Å². The van der Waals surface area contributed by atoms with Gasteiger partial charge in [-0.2, -0.15) is 0 Å². The Balaban J connectivity index is 1.51. The molecule has 0 radical (unpaired) electrons. The van der Waals surface area contributed by atoms with Crippen molar-refractivity contribution in [1.29, 1.82) is 0 Å². The molecular weight excluding hydrogens is 346 g/mol. The summed E-state index contributed by atoms with van der Waals surface area (Å²) in [6.07, 6.45) is 8.21. The lowest BCUT2D eigenvalue weighted by atomic mass is 9.48. The molecule has 6 rings (SSSR count). The zero-order chi connectivity index (χ0) is 18.6. The van der Waals surface area contributed by atoms with Crippen molar-refractivity contribution in [3.05, 3.63) is 54.1 Å². The summed E-state index contributed by atoms with van der Waals surface area (Å²) >= 11 is 0. The smallest absolute Gasteiger partial charge is 0.183 e. The molecule has 0 spiro atoms. The van der Waals surface area contributed by atoms with E-state index in [0.717, 1.165) is 28.6 Å². The first-order valence-electron chi connectivity index (χ1n) is 10.6. The second-order valence-electron chi connectivity index (χ2n) is 10.0. The summed E-state index contributed by atoms with van der Waals surface area (Å²) in [5.41, 5.74) is 2.65. The van der Waals surface area contributed by atoms with Gasteiger partial charge in [-0.3, -0.25) is 0 Å². The summed E-state index contributed by atoms with van der Waals surface area (Å²) < 4.78 is 0. The van der Waals surface area contributed by atoms with E-state index >= 15 is 0 Å². The maximum atomic E-state index is 11.5. The first-order valence-corrected chi connectivity index (χ1v) is 13.6. The summed E-state index contributed by atoms with van der Waals surface area (Å²) in [7, 11) is -2.01. The Kier molecular flexibility index (Phi) is 3.94. The van der Waals surface area contributed by atoms with Gasteiger partial charge in [0.25, 0.3) is 0 Å². The van der Waals surface area contributed by atoms with Gasteiger partial charge >= 0.3 is 0 Å². The van der Waals surface area contributed by atoms with Crippen LogP contribution in [0.5, 0.6) is 5.75 Å². The van der Waals surface area contributed by atoms with E-state index in [1.807, 2.05) is 6.07 Å². The third-order valence-corrected chi connectivity index (χ3v) is 10.2. The minimum Gasteiger partial charge on any atom is -0.508 e. The minimum atomic E-state index is -2.01. The van der Waals surface area contributed by atoms with Crippen molar-refractivity contribution in [3.63, 3.8) is 0 Å². The number of aromatic hydroxyl groups is 1. The summed E-state index contributed by atoms with van der Waals surface area (Å²) in [5, 5.41) is 12.6. The van der Waals surface area contributed by atoms with Crippen molar-refractivity contribution in [1.82, 2.24) is 0 Å². The molecule has 4 saturated carbocycles. The Bertz CT molecular complexity index is 809. The van der Waals surface area contributed by atoms with E-state index in [9.17, 15) is 5.11 Å². The zero-order valence-corrected chi connectivity index (χ0v) is 17.5. The summed E-state index contributed by atoms with van der Waals surface area (Å²) in [6.45, 7) is 4.61. The Labute approximate surface area is 164 Å². The van der Waals surface area contributed by atoms with Gasteiger partial charge in [-0.25, -0.2) is 0 Å². The lowest BCUT2D eigenvalue weighted by Crippen LogP contribution is -2.52. The van der Waals surface area contributed by atoms with Crippen LogP contribution in [0.3, 0.4) is 0 Å². The van der Waals surface area contributed by atoms with E-state index < -0.39 is 8.24 Å². The molecule has 2 nitrogen and oxygen atoms in total. The molecule has 4 fully saturated rings. The molecule has 0 unspecified atom stereocenters. The quantitative estimate of drug-likeness (QED) is 0.701. The van der Waals surface area contributed by atoms with E-state index in [0.29, 0.717) is 5.75 Å². The Morgan fingerprint density at radius 2 is 1.44 bits per heavy atom. The normalized spacial score (nSPS) is 31.9. The number of hydrogen-bond donors (Lipinski definition) is 2. The van der Waals surface area contributed by atoms with Gasteiger partial charge in [0.2, 0.25) is 0 Å². The summed E-state index contributed by atoms with van der Waals surface area (Å²) in [6, 6.07) is 17.0. The molecule has 0 atom stereocenters. The summed E-state index contributed by atoms with van der Waals surface area (Å²) in [5.74, 6) is 3.28. The highest BCUT2D eigenvalue weighted by molar-refractivity contribution is 6.92. The maximum absolute atomic E-state index is 11.5. The second kappa shape index (κ2) is 6.13. The largest absolute Gasteiger partial charge is 0.508 e. The van der Waals surface area contributed by atoms with Crippen LogP contribution in [0.4, 0.5) is 5.69 Å². The highest BCUT2D eigenvalue weighted by Gasteiger charge is 2.52. The fraction of sp³-hybridized carbons (Fsp3) is 0.500. The van der Waals surface area contributed by atoms with Crippen molar-refractivity contribution in [2.45, 2.75) is 57.0 Å². The van der Waals surface area contributed by atoms with Gasteiger partial charge in [0.15, 0.2) is 8.24 Å². The fourth-order valence-corrected chi connectivity index (χ4v) is 9.13. The Morgan fingerprint density at radius 1 is 0.852 bits per heavy atom. The van der Waals surface area contributed by atoms with Crippen LogP contribution in [0.25, 0.3) is 0 Å². The van der Waals surface area contributed by atoms with Gasteiger partial charge in [0, 0.05) is 16.4 Å². The van der Waals surface area contributed by atoms with E-state index in [-0.39, 0.29) is 5.41 Å². The van der Waals surface area contributed by atoms with Gasteiger partial charge in [0.05, 0.1) is 0 Å². The van der Waals surface area contributed by atoms with Gasteiger partial charge in [0.1, 0.15) is 5.75 Å². The average molecular weight is 378 g/mol. The molecule has 142 valence electrons. The molecule has 0 heterocycles. The molecule has 4 bridgehead atoms. The number of phenols is 1. The molecule has 4 aliphatic rings. The molecular formula is C24H31NOSi. The molecule has 0 aromatic heterocycles. The van der Waals surface area contributed by atoms with Crippen LogP contribution in [0, 0.1) is 17.8 Å². The molecule has 4 aliphatic carbocycles. The van der Waals surface area contributed by atoms with Crippen LogP contribution < -0.4 is 10.2 Å². The number of rotatable bonds is 4. The second-order valence-corrected chi connectivity index (χ2v) is 14.1. The lowest BCUT2D eigenvalue weighted by molar-refractivity contribution is -0.00607. The number of anilines is 1. The Hall–Kier alpha value is -1.74. The molecule has 3 heteroatoms. The third kappa shape index (κ3) is 2.91. The van der Waals surface area contributed by atoms with E-state index in [1.54, 1.807) is 0 Å². The molecule has 0 aliphatic heterocycles. The Morgan fingerprint density at radius 3 is 2.04 bits per heavy atom. The molecule has 2 aromatic carbocycles. The highest BCUT2D eigenvalue weighted by Crippen LogP contribution is 2.61. The zero-order valence-electron chi connectivity index (χ0n) is 16.5. The van der Waals surface area contributed by atoms with Gasteiger partial charge in [-0.1, -0.05) is 36.4 Å². The van der Waals surface area contributed by atoms with Crippen LogP contribution in [0.15, 0.2) is 48.5 Å². The molecule has 2 N–H and O–H groups in total. The number of benzene rings is 2. The van der Waals surface area contributed by atoms with Gasteiger partial charge in [-0.05, 0) is 86.9 Å². The number of hydrogen-bond acceptors (Lipinski definition) is 2. The number of nitrogens with one attached hydrogen (secondary N) is 1. The highest BCUT2D eigenvalue weighted by atomic mass is 28.3. The monoisotopic (exact) mass is 377 g/mol. The minimum absolute atomic E-state index is 0.242. The fourth-order valence-electron chi connectivity index (χ4n) is 6.87. The van der Waals surface area contributed by atoms with Crippen molar-refractivity contribution in [2.75, 3.05) is 4.98 Å². The van der Waals surface area contributed by atoms with Crippen molar-refractivity contribution >= 4 is 19.1 Å². The van der Waals surface area contributed by atoms with E-state index in [2.05, 4.69) is 60.5 Å². The van der Waals surface area contributed by atoms with E-state index in [4.69, 9.17) is 0 Å². The number of phenolic OH excluding ortho intramolecular Hbond substituents is 1. The lowest BCUT2D eigenvalue weighted by Gasteiger charge is -2.57. The van der Waals surface area contributed by atoms with Gasteiger partial charge < -0.3 is 10.1 Å². The van der Waals surface area contributed by atoms with Gasteiger partial charge in [-0.15, -0.1) is 0 Å². The first kappa shape index (κ1) is 17.4. The summed E-state index contributed by atoms with van der Waals surface area (Å²) in [4.78, 5) is 3.76. The molecule has 0 amide bonds. The standard InChI is InChI=1S/C24H31NOSi/c1-27(2,25-20-7-4-3-5-8-20)22-10-6-9-21(23(22)26)24-14-17-11-18(15-24)13-19(12-17)16-24/h3-10,17-19,25-26H,11-16H2,1-2H3. The maximum Gasteiger partial charge on any atom is 0.183 e. The van der Waals surface area contributed by atoms with E-state index in [1.165, 1.54) is 44.1 Å². The topological polar surface area (TPSA) is 32.3 Å². The predicted molar refractivity (Wildman–Crippen MR) is 115 cm³/mol. The SMILES string of the molecule is C[Si](C)(Nc1ccccc1)c1cccc(C23CC4CC(CC(C4)C2)C3)c1O. The average Bonchev–Trinajstić information content (AvgIpc) is 2.61. The third-order valence-electron chi connectivity index (χ3n) is 7.55. The van der Waals surface area contributed by atoms with Crippen LogP contribution in [-0.4, -0.2) is 13.3 Å². The first-order chi connectivity index (χ1) is 13.0. The van der Waals surface area contributed by atoms with Crippen molar-refractivity contribution < 1.29 is 5.11 Å². The van der Waals surface area contributed by atoms with Crippen molar-refractivity contribution in [2.24, 2.45) is 17.8 Å². The molecule has 0 saturated heterocycles. The molecule has 27 heavy (non-hydrogen) atoms. The van der Waals surface area contributed by atoms with Crippen LogP contribution >= 0.6 is 0 Å². The predicted octanol–water partition coefficient (Wildman–Crippen LogP) is 5.38. The van der Waals surface area contributed by atoms with Crippen molar-refractivity contribution in [3.8, 4) is 5.75 Å². The van der Waals surface area contributed by atoms with Crippen LogP contribution in [-0.2, 0) is 5.41 Å². The molecule has 2 aromatic rings. The number of para-hydroxylation sites is 2. The van der Waals surface area contributed by atoms with Crippen LogP contribution in [0.2, 0.25) is 13.1 Å².